The average Bonchev–Trinajstić information content (AvgIpc) is 2.50. The Labute approximate surface area is 136 Å². The van der Waals surface area contributed by atoms with Crippen LogP contribution in [0.4, 0.5) is 23.0 Å². The zero-order valence-electron chi connectivity index (χ0n) is 14.1. The summed E-state index contributed by atoms with van der Waals surface area (Å²) < 4.78 is 10.6. The van der Waals surface area contributed by atoms with Gasteiger partial charge in [-0.05, 0) is 32.9 Å². The molecule has 124 valence electrons. The number of nitrogens with two attached hydrogens (primary N) is 1. The topological polar surface area (TPSA) is 94.3 Å². The summed E-state index contributed by atoms with van der Waals surface area (Å²) in [5, 5.41) is 6.43. The van der Waals surface area contributed by atoms with Crippen LogP contribution in [0.2, 0.25) is 0 Å². The lowest BCUT2D eigenvalue weighted by Crippen LogP contribution is -2.27. The van der Waals surface area contributed by atoms with E-state index in [1.165, 1.54) is 6.33 Å². The van der Waals surface area contributed by atoms with Crippen LogP contribution in [0.25, 0.3) is 0 Å². The van der Waals surface area contributed by atoms with Gasteiger partial charge in [-0.3, -0.25) is 0 Å². The molecule has 7 heteroatoms. The third kappa shape index (κ3) is 4.15. The first-order chi connectivity index (χ1) is 10.8. The van der Waals surface area contributed by atoms with Crippen molar-refractivity contribution >= 4 is 23.0 Å². The summed E-state index contributed by atoms with van der Waals surface area (Å²) in [6, 6.07) is 5.45. The van der Waals surface area contributed by atoms with Crippen LogP contribution in [0, 0.1) is 0 Å². The minimum atomic E-state index is -0.159. The molecule has 0 spiro atoms. The van der Waals surface area contributed by atoms with Gasteiger partial charge in [-0.2, -0.15) is 0 Å². The third-order valence-electron chi connectivity index (χ3n) is 3.04. The van der Waals surface area contributed by atoms with Gasteiger partial charge in [0.25, 0.3) is 0 Å². The minimum absolute atomic E-state index is 0.159. The van der Waals surface area contributed by atoms with Crippen molar-refractivity contribution in [3.05, 3.63) is 24.5 Å². The van der Waals surface area contributed by atoms with Gasteiger partial charge in [0.1, 0.15) is 23.5 Å². The van der Waals surface area contributed by atoms with Crippen molar-refractivity contribution in [3.8, 4) is 11.5 Å². The molecule has 0 aliphatic heterocycles. The first kappa shape index (κ1) is 16.7. The van der Waals surface area contributed by atoms with Crippen LogP contribution in [0.3, 0.4) is 0 Å². The molecule has 0 amide bonds. The number of hydrogen-bond acceptors (Lipinski definition) is 7. The Morgan fingerprint density at radius 1 is 1.04 bits per heavy atom. The molecule has 0 unspecified atom stereocenters. The molecule has 0 saturated heterocycles. The summed E-state index contributed by atoms with van der Waals surface area (Å²) >= 11 is 0. The van der Waals surface area contributed by atoms with E-state index >= 15 is 0 Å². The van der Waals surface area contributed by atoms with Gasteiger partial charge in [0, 0.05) is 11.6 Å². The first-order valence-electron chi connectivity index (χ1n) is 7.22. The Hall–Kier alpha value is -2.70. The van der Waals surface area contributed by atoms with E-state index in [2.05, 4.69) is 20.6 Å². The minimum Gasteiger partial charge on any atom is -0.497 e. The van der Waals surface area contributed by atoms with Gasteiger partial charge in [-0.15, -0.1) is 0 Å². The second-order valence-corrected chi connectivity index (χ2v) is 6.05. The van der Waals surface area contributed by atoms with Crippen molar-refractivity contribution in [1.29, 1.82) is 0 Å². The summed E-state index contributed by atoms with van der Waals surface area (Å²) in [4.78, 5) is 8.41. The van der Waals surface area contributed by atoms with Crippen LogP contribution in [0.15, 0.2) is 24.5 Å². The molecule has 0 aliphatic rings. The monoisotopic (exact) mass is 317 g/mol. The zero-order chi connectivity index (χ0) is 17.0. The fourth-order valence-electron chi connectivity index (χ4n) is 1.99. The third-order valence-corrected chi connectivity index (χ3v) is 3.04. The number of nitrogens with zero attached hydrogens (tertiary/aromatic N) is 2. The maximum atomic E-state index is 6.18. The molecule has 0 fully saturated rings. The number of methoxy groups -OCH3 is 2. The molecule has 0 atom stereocenters. The summed E-state index contributed by atoms with van der Waals surface area (Å²) in [6.45, 7) is 6.10. The quantitative estimate of drug-likeness (QED) is 0.780. The van der Waals surface area contributed by atoms with Crippen LogP contribution in [-0.2, 0) is 0 Å². The number of ether oxygens (including phenoxy) is 2. The number of hydrogen-bond donors (Lipinski definition) is 3. The van der Waals surface area contributed by atoms with Gasteiger partial charge in [0.2, 0.25) is 0 Å². The molecule has 2 aromatic rings. The highest BCUT2D eigenvalue weighted by Gasteiger charge is 2.16. The molecular weight excluding hydrogens is 294 g/mol. The van der Waals surface area contributed by atoms with Gasteiger partial charge in [0.05, 0.1) is 19.9 Å². The second kappa shape index (κ2) is 6.60. The molecule has 23 heavy (non-hydrogen) atoms. The Bertz CT molecular complexity index is 683. The fourth-order valence-corrected chi connectivity index (χ4v) is 1.99. The lowest BCUT2D eigenvalue weighted by molar-refractivity contribution is 0.405. The molecule has 1 aromatic carbocycles. The van der Waals surface area contributed by atoms with Gasteiger partial charge in [0.15, 0.2) is 11.6 Å². The van der Waals surface area contributed by atoms with Crippen LogP contribution in [0.1, 0.15) is 20.8 Å². The highest BCUT2D eigenvalue weighted by atomic mass is 16.5. The summed E-state index contributed by atoms with van der Waals surface area (Å²) in [7, 11) is 3.21. The van der Waals surface area contributed by atoms with Crippen molar-refractivity contribution in [2.75, 3.05) is 30.6 Å². The highest BCUT2D eigenvalue weighted by molar-refractivity contribution is 5.79. The molecule has 0 aliphatic carbocycles. The number of nitrogen functional groups attached to an aromatic ring is 1. The maximum absolute atomic E-state index is 6.18. The molecule has 2 rings (SSSR count). The van der Waals surface area contributed by atoms with E-state index in [4.69, 9.17) is 15.2 Å². The summed E-state index contributed by atoms with van der Waals surface area (Å²) in [5.41, 5.74) is 7.16. The first-order valence-corrected chi connectivity index (χ1v) is 7.22. The number of nitrogens with one attached hydrogen (secondary N) is 2. The van der Waals surface area contributed by atoms with Crippen molar-refractivity contribution in [1.82, 2.24) is 9.97 Å². The van der Waals surface area contributed by atoms with Crippen LogP contribution < -0.4 is 25.8 Å². The Morgan fingerprint density at radius 2 is 1.74 bits per heavy atom. The average molecular weight is 317 g/mol. The van der Waals surface area contributed by atoms with E-state index < -0.39 is 0 Å². The van der Waals surface area contributed by atoms with E-state index in [-0.39, 0.29) is 5.54 Å². The zero-order valence-corrected chi connectivity index (χ0v) is 14.1. The molecule has 0 radical (unpaired) electrons. The van der Waals surface area contributed by atoms with Crippen molar-refractivity contribution in [2.24, 2.45) is 0 Å². The SMILES string of the molecule is COc1ccc(OC)c(Nc2ncnc(NC(C)(C)C)c2N)c1. The highest BCUT2D eigenvalue weighted by Crippen LogP contribution is 2.34. The van der Waals surface area contributed by atoms with Gasteiger partial charge in [-0.1, -0.05) is 0 Å². The summed E-state index contributed by atoms with van der Waals surface area (Å²) in [5.74, 6) is 2.44. The van der Waals surface area contributed by atoms with E-state index in [0.29, 0.717) is 34.5 Å². The summed E-state index contributed by atoms with van der Waals surface area (Å²) in [6.07, 6.45) is 1.46. The number of aromatic nitrogens is 2. The normalized spacial score (nSPS) is 11.0. The Kier molecular flexibility index (Phi) is 4.78. The lowest BCUT2D eigenvalue weighted by Gasteiger charge is -2.23. The van der Waals surface area contributed by atoms with E-state index in [0.717, 1.165) is 0 Å². The van der Waals surface area contributed by atoms with Crippen molar-refractivity contribution < 1.29 is 9.47 Å². The molecular formula is C16H23N5O2. The number of benzene rings is 1. The van der Waals surface area contributed by atoms with E-state index in [1.807, 2.05) is 39.0 Å². The maximum Gasteiger partial charge on any atom is 0.159 e. The number of anilines is 4. The van der Waals surface area contributed by atoms with Crippen LogP contribution >= 0.6 is 0 Å². The smallest absolute Gasteiger partial charge is 0.159 e. The van der Waals surface area contributed by atoms with Crippen LogP contribution in [-0.4, -0.2) is 29.7 Å². The largest absolute Gasteiger partial charge is 0.497 e. The predicted octanol–water partition coefficient (Wildman–Crippen LogP) is 3.03. The fraction of sp³-hybridized carbons (Fsp3) is 0.375. The molecule has 7 nitrogen and oxygen atoms in total. The van der Waals surface area contributed by atoms with Crippen molar-refractivity contribution in [2.45, 2.75) is 26.3 Å². The van der Waals surface area contributed by atoms with Gasteiger partial charge in [-0.25, -0.2) is 9.97 Å². The van der Waals surface area contributed by atoms with Gasteiger partial charge < -0.3 is 25.8 Å². The molecule has 0 saturated carbocycles. The molecule has 0 bridgehead atoms. The molecule has 1 heterocycles. The lowest BCUT2D eigenvalue weighted by atomic mass is 10.1. The molecule has 1 aromatic heterocycles. The standard InChI is InChI=1S/C16H23N5O2/c1-16(2,3)21-15-13(17)14(18-9-19-15)20-11-8-10(22-4)6-7-12(11)23-5/h6-9H,17H2,1-5H3,(H2,18,19,20,21). The van der Waals surface area contributed by atoms with Crippen LogP contribution in [0.5, 0.6) is 11.5 Å². The second-order valence-electron chi connectivity index (χ2n) is 6.05. The molecule has 4 N–H and O–H groups in total. The number of rotatable bonds is 5. The predicted molar refractivity (Wildman–Crippen MR) is 92.6 cm³/mol. The Morgan fingerprint density at radius 3 is 2.35 bits per heavy atom. The van der Waals surface area contributed by atoms with E-state index in [9.17, 15) is 0 Å². The van der Waals surface area contributed by atoms with Crippen molar-refractivity contribution in [3.63, 3.8) is 0 Å². The Balaban J connectivity index is 2.35. The van der Waals surface area contributed by atoms with Gasteiger partial charge >= 0.3 is 0 Å². The van der Waals surface area contributed by atoms with E-state index in [1.54, 1.807) is 14.2 Å².